The van der Waals surface area contributed by atoms with E-state index in [1.54, 1.807) is 42.1 Å². The monoisotopic (exact) mass is 403 g/mol. The summed E-state index contributed by atoms with van der Waals surface area (Å²) in [6.07, 6.45) is 0. The van der Waals surface area contributed by atoms with Gasteiger partial charge in [-0.05, 0) is 30.7 Å². The number of nitrogens with zero attached hydrogens (tertiary/aromatic N) is 3. The van der Waals surface area contributed by atoms with Crippen molar-refractivity contribution >= 4 is 34.7 Å². The van der Waals surface area contributed by atoms with Crippen molar-refractivity contribution in [2.24, 2.45) is 7.05 Å². The second kappa shape index (κ2) is 7.50. The highest BCUT2D eigenvalue weighted by molar-refractivity contribution is 6.35. The predicted octanol–water partition coefficient (Wildman–Crippen LogP) is 4.93. The van der Waals surface area contributed by atoms with Gasteiger partial charge in [0.15, 0.2) is 5.78 Å². The van der Waals surface area contributed by atoms with E-state index >= 15 is 0 Å². The molecule has 0 unspecified atom stereocenters. The normalized spacial score (nSPS) is 10.8. The highest BCUT2D eigenvalue weighted by Gasteiger charge is 2.24. The van der Waals surface area contributed by atoms with Gasteiger partial charge in [-0.1, -0.05) is 23.7 Å². The quantitative estimate of drug-likeness (QED) is 0.262. The number of ketones is 1. The first kappa shape index (κ1) is 19.1. The molecule has 0 spiro atoms. The molecule has 3 aromatic rings. The predicted molar refractivity (Wildman–Crippen MR) is 104 cm³/mol. The maximum Gasteiger partial charge on any atom is 0.270 e. The molecule has 3 rings (SSSR count). The molecular weight excluding hydrogens is 389 g/mol. The van der Waals surface area contributed by atoms with Gasteiger partial charge in [-0.3, -0.25) is 19.6 Å². The number of carbonyl (C=O) groups excluding carboxylic acids is 1. The van der Waals surface area contributed by atoms with Crippen LogP contribution in [0, 0.1) is 17.0 Å². The standard InChI is InChI=1S/C19H15Cl2N3O3/c1-11-18(17(10-20)22-23(11)2)13-8-7-12(24(26)27)9-15(13)19(25)14-5-3-4-6-16(14)21/h3-9H,10H2,1-2H3. The zero-order valence-corrected chi connectivity index (χ0v) is 16.1. The van der Waals surface area contributed by atoms with E-state index < -0.39 is 10.7 Å². The zero-order chi connectivity index (χ0) is 19.7. The van der Waals surface area contributed by atoms with E-state index in [4.69, 9.17) is 23.2 Å². The van der Waals surface area contributed by atoms with Crippen LogP contribution < -0.4 is 0 Å². The summed E-state index contributed by atoms with van der Waals surface area (Å²) in [4.78, 5) is 23.9. The molecule has 0 bridgehead atoms. The van der Waals surface area contributed by atoms with Crippen molar-refractivity contribution in [3.05, 3.63) is 80.1 Å². The third-order valence-corrected chi connectivity index (χ3v) is 4.96. The largest absolute Gasteiger partial charge is 0.289 e. The van der Waals surface area contributed by atoms with Crippen LogP contribution >= 0.6 is 23.2 Å². The van der Waals surface area contributed by atoms with Gasteiger partial charge in [0.2, 0.25) is 0 Å². The third kappa shape index (κ3) is 3.46. The molecule has 0 aliphatic carbocycles. The summed E-state index contributed by atoms with van der Waals surface area (Å²) in [6.45, 7) is 1.85. The average Bonchev–Trinajstić information content (AvgIpc) is 2.95. The molecule has 0 atom stereocenters. The van der Waals surface area contributed by atoms with Gasteiger partial charge in [0.05, 0.1) is 21.5 Å². The van der Waals surface area contributed by atoms with Crippen LogP contribution in [0.15, 0.2) is 42.5 Å². The Morgan fingerprint density at radius 2 is 1.93 bits per heavy atom. The van der Waals surface area contributed by atoms with Crippen molar-refractivity contribution in [2.45, 2.75) is 12.8 Å². The first-order chi connectivity index (χ1) is 12.8. The Morgan fingerprint density at radius 1 is 1.22 bits per heavy atom. The molecule has 0 amide bonds. The van der Waals surface area contributed by atoms with Gasteiger partial charge in [0.25, 0.3) is 5.69 Å². The molecule has 8 heteroatoms. The number of non-ortho nitro benzene ring substituents is 1. The van der Waals surface area contributed by atoms with E-state index in [2.05, 4.69) is 5.10 Å². The first-order valence-corrected chi connectivity index (χ1v) is 8.92. The van der Waals surface area contributed by atoms with Crippen LogP contribution in [0.5, 0.6) is 0 Å². The Labute approximate surface area is 165 Å². The van der Waals surface area contributed by atoms with E-state index in [0.29, 0.717) is 16.8 Å². The summed E-state index contributed by atoms with van der Waals surface area (Å²) >= 11 is 12.2. The van der Waals surface area contributed by atoms with Crippen molar-refractivity contribution in [2.75, 3.05) is 0 Å². The second-order valence-corrected chi connectivity index (χ2v) is 6.63. The van der Waals surface area contributed by atoms with Crippen molar-refractivity contribution in [1.29, 1.82) is 0 Å². The minimum absolute atomic E-state index is 0.147. The summed E-state index contributed by atoms with van der Waals surface area (Å²) in [5, 5.41) is 15.9. The van der Waals surface area contributed by atoms with E-state index in [1.165, 1.54) is 12.1 Å². The van der Waals surface area contributed by atoms with Gasteiger partial charge in [-0.2, -0.15) is 5.10 Å². The topological polar surface area (TPSA) is 78.0 Å². The fourth-order valence-electron chi connectivity index (χ4n) is 2.96. The molecule has 27 heavy (non-hydrogen) atoms. The Bertz CT molecular complexity index is 1060. The van der Waals surface area contributed by atoms with E-state index in [0.717, 1.165) is 5.69 Å². The zero-order valence-electron chi connectivity index (χ0n) is 14.6. The Morgan fingerprint density at radius 3 is 2.56 bits per heavy atom. The number of halogens is 2. The Balaban J connectivity index is 2.29. The van der Waals surface area contributed by atoms with Crippen LogP contribution in [0.4, 0.5) is 5.69 Å². The number of hydrogen-bond acceptors (Lipinski definition) is 4. The molecule has 0 fully saturated rings. The molecular formula is C19H15Cl2N3O3. The third-order valence-electron chi connectivity index (χ3n) is 4.38. The molecule has 0 radical (unpaired) electrons. The lowest BCUT2D eigenvalue weighted by Crippen LogP contribution is -2.06. The van der Waals surface area contributed by atoms with Crippen LogP contribution in [0.25, 0.3) is 11.1 Å². The fraction of sp³-hybridized carbons (Fsp3) is 0.158. The van der Waals surface area contributed by atoms with Crippen LogP contribution in [-0.4, -0.2) is 20.5 Å². The van der Waals surface area contributed by atoms with Crippen molar-refractivity contribution in [3.8, 4) is 11.1 Å². The fourth-order valence-corrected chi connectivity index (χ4v) is 3.37. The van der Waals surface area contributed by atoms with Crippen LogP contribution in [0.3, 0.4) is 0 Å². The van der Waals surface area contributed by atoms with Crippen molar-refractivity contribution < 1.29 is 9.72 Å². The number of alkyl halides is 1. The Hall–Kier alpha value is -2.70. The molecule has 2 aromatic carbocycles. The minimum atomic E-state index is -0.536. The second-order valence-electron chi connectivity index (χ2n) is 5.96. The lowest BCUT2D eigenvalue weighted by molar-refractivity contribution is -0.384. The van der Waals surface area contributed by atoms with Crippen molar-refractivity contribution in [1.82, 2.24) is 9.78 Å². The van der Waals surface area contributed by atoms with Crippen molar-refractivity contribution in [3.63, 3.8) is 0 Å². The number of hydrogen-bond donors (Lipinski definition) is 0. The van der Waals surface area contributed by atoms with Gasteiger partial charge in [0, 0.05) is 41.6 Å². The molecule has 0 N–H and O–H groups in total. The van der Waals surface area contributed by atoms with Gasteiger partial charge in [-0.15, -0.1) is 11.6 Å². The molecule has 0 aliphatic heterocycles. The first-order valence-electron chi connectivity index (χ1n) is 8.01. The van der Waals surface area contributed by atoms with Crippen LogP contribution in [0.1, 0.15) is 27.3 Å². The summed E-state index contributed by atoms with van der Waals surface area (Å²) in [6, 6.07) is 10.8. The Kier molecular flexibility index (Phi) is 5.30. The molecule has 0 aliphatic rings. The maximum absolute atomic E-state index is 13.2. The van der Waals surface area contributed by atoms with E-state index in [9.17, 15) is 14.9 Å². The number of aryl methyl sites for hydroxylation is 1. The maximum atomic E-state index is 13.2. The number of benzene rings is 2. The highest BCUT2D eigenvalue weighted by atomic mass is 35.5. The molecule has 6 nitrogen and oxygen atoms in total. The molecule has 1 aromatic heterocycles. The van der Waals surface area contributed by atoms with Gasteiger partial charge < -0.3 is 0 Å². The molecule has 138 valence electrons. The lowest BCUT2D eigenvalue weighted by atomic mass is 9.92. The van der Waals surface area contributed by atoms with Gasteiger partial charge >= 0.3 is 0 Å². The number of nitro benzene ring substituents is 1. The van der Waals surface area contributed by atoms with Crippen LogP contribution in [-0.2, 0) is 12.9 Å². The smallest absolute Gasteiger partial charge is 0.270 e. The number of aromatic nitrogens is 2. The highest BCUT2D eigenvalue weighted by Crippen LogP contribution is 2.35. The van der Waals surface area contributed by atoms with E-state index in [-0.39, 0.29) is 27.7 Å². The van der Waals surface area contributed by atoms with Gasteiger partial charge in [0.1, 0.15) is 0 Å². The molecule has 0 saturated carbocycles. The number of nitro groups is 1. The number of carbonyl (C=O) groups is 1. The number of rotatable bonds is 5. The summed E-state index contributed by atoms with van der Waals surface area (Å²) in [5.74, 6) is -0.253. The SMILES string of the molecule is Cc1c(-c2ccc([N+](=O)[O-])cc2C(=O)c2ccccc2Cl)c(CCl)nn1C. The van der Waals surface area contributed by atoms with E-state index in [1.807, 2.05) is 6.92 Å². The summed E-state index contributed by atoms with van der Waals surface area (Å²) in [7, 11) is 1.77. The minimum Gasteiger partial charge on any atom is -0.289 e. The summed E-state index contributed by atoms with van der Waals surface area (Å²) in [5.41, 5.74) is 2.90. The molecule has 0 saturated heterocycles. The summed E-state index contributed by atoms with van der Waals surface area (Å²) < 4.78 is 1.66. The van der Waals surface area contributed by atoms with Crippen LogP contribution in [0.2, 0.25) is 5.02 Å². The lowest BCUT2D eigenvalue weighted by Gasteiger charge is -2.11. The van der Waals surface area contributed by atoms with Gasteiger partial charge in [-0.25, -0.2) is 0 Å². The molecule has 1 heterocycles. The average molecular weight is 404 g/mol.